The summed E-state index contributed by atoms with van der Waals surface area (Å²) < 4.78 is 1.23. The van der Waals surface area contributed by atoms with Crippen LogP contribution in [0.3, 0.4) is 0 Å². The Morgan fingerprint density at radius 3 is 1.61 bits per heavy atom. The van der Waals surface area contributed by atoms with E-state index in [9.17, 15) is 14.4 Å². The van der Waals surface area contributed by atoms with Crippen molar-refractivity contribution in [3.05, 3.63) is 52.6 Å². The van der Waals surface area contributed by atoms with E-state index >= 15 is 0 Å². The fraction of sp³-hybridized carbons (Fsp3) is 0.650. The zero-order chi connectivity index (χ0) is 39.9. The van der Waals surface area contributed by atoms with E-state index in [0.717, 1.165) is 70.6 Å². The quantitative estimate of drug-likeness (QED) is 0.260. The summed E-state index contributed by atoms with van der Waals surface area (Å²) in [4.78, 5) is 54.2. The monoisotopic (exact) mass is 864 g/mol. The number of pyridine rings is 2. The van der Waals surface area contributed by atoms with Crippen LogP contribution in [0.15, 0.2) is 49.1 Å². The molecule has 2 aromatic heterocycles. The Hall–Kier alpha value is -3.21. The molecule has 5 aliphatic rings. The van der Waals surface area contributed by atoms with Gasteiger partial charge in [-0.15, -0.1) is 0 Å². The molecule has 4 saturated heterocycles. The van der Waals surface area contributed by atoms with Gasteiger partial charge in [-0.2, -0.15) is 0 Å². The van der Waals surface area contributed by atoms with Gasteiger partial charge in [-0.05, 0) is 140 Å². The molecule has 5 N–H and O–H groups in total. The van der Waals surface area contributed by atoms with Gasteiger partial charge in [0.1, 0.15) is 0 Å². The average Bonchev–Trinajstić information content (AvgIpc) is 3.84. The third-order valence-electron chi connectivity index (χ3n) is 10.0. The van der Waals surface area contributed by atoms with E-state index in [-0.39, 0.29) is 11.8 Å². The number of carbonyl (C=O) groups excluding carboxylic acids is 3. The topological polar surface area (TPSA) is 169 Å². The standard InChI is InChI=1S/C10H18N2O.C10H12N2O.C8H18N2.C5H4IN.C5H9NO.C2H4O2/c2*1-8-2-3-10(13)12(8)9-4-6-11-7-5-9;1-9-7-5-3-4-6-8(7)10-2;6-5-1-3-7-4-2-5;1-4-2-3-5(7)6-4;1-2(3)4/h8-9,11H,2-7H2,1H3;4-8H,2-3H2,1H3;7-10H,3-6H2,1-2H3;1-4H;4H,2-3H2,1H3,(H,6,7);1H3,(H,3,4)/t;;7-,8-;;;/m..0.../s1. The molecule has 0 spiro atoms. The van der Waals surface area contributed by atoms with Crippen molar-refractivity contribution in [3.8, 4) is 0 Å². The van der Waals surface area contributed by atoms with Crippen LogP contribution in [0.2, 0.25) is 0 Å². The number of likely N-dealkylation sites (tertiary alicyclic amines) is 1. The number of piperidine rings is 1. The molecule has 14 heteroatoms. The Morgan fingerprint density at radius 2 is 1.26 bits per heavy atom. The molecule has 3 amide bonds. The molecule has 5 atom stereocenters. The van der Waals surface area contributed by atoms with Gasteiger partial charge in [0.2, 0.25) is 17.7 Å². The van der Waals surface area contributed by atoms with Crippen molar-refractivity contribution in [2.24, 2.45) is 0 Å². The lowest BCUT2D eigenvalue weighted by molar-refractivity contribution is -0.134. The number of likely N-dealkylation sites (N-methyl/N-ethyl adjacent to an activating group) is 2. The second-order valence-electron chi connectivity index (χ2n) is 14.3. The highest BCUT2D eigenvalue weighted by atomic mass is 127. The minimum Gasteiger partial charge on any atom is -0.481 e. The van der Waals surface area contributed by atoms with E-state index in [1.165, 1.54) is 29.3 Å². The summed E-state index contributed by atoms with van der Waals surface area (Å²) in [5.74, 6) is -0.0365. The third kappa shape index (κ3) is 17.9. The second kappa shape index (κ2) is 26.6. The van der Waals surface area contributed by atoms with Crippen LogP contribution in [0.1, 0.15) is 105 Å². The Morgan fingerprint density at radius 1 is 0.759 bits per heavy atom. The van der Waals surface area contributed by atoms with Crippen molar-refractivity contribution < 1.29 is 24.3 Å². The molecule has 3 unspecified atom stereocenters. The number of carboxylic acid groups (broad SMARTS) is 1. The Labute approximate surface area is 336 Å². The van der Waals surface area contributed by atoms with Gasteiger partial charge in [0.05, 0.1) is 0 Å². The number of carboxylic acids is 1. The summed E-state index contributed by atoms with van der Waals surface area (Å²) in [7, 11) is 4.11. The van der Waals surface area contributed by atoms with Gasteiger partial charge >= 0.3 is 0 Å². The fourth-order valence-electron chi connectivity index (χ4n) is 7.15. The van der Waals surface area contributed by atoms with E-state index in [2.05, 4.69) is 86.7 Å². The van der Waals surface area contributed by atoms with Gasteiger partial charge in [0, 0.05) is 96.5 Å². The molecule has 13 nitrogen and oxygen atoms in total. The molecule has 0 bridgehead atoms. The molecule has 1 saturated carbocycles. The predicted octanol–water partition coefficient (Wildman–Crippen LogP) is 5.14. The number of carbonyl (C=O) groups is 4. The van der Waals surface area contributed by atoms with Crippen LogP contribution >= 0.6 is 22.6 Å². The van der Waals surface area contributed by atoms with Crippen LogP contribution in [0.4, 0.5) is 5.69 Å². The molecule has 54 heavy (non-hydrogen) atoms. The van der Waals surface area contributed by atoms with Gasteiger partial charge in [0.25, 0.3) is 5.97 Å². The van der Waals surface area contributed by atoms with Crippen LogP contribution in [0.5, 0.6) is 0 Å². The van der Waals surface area contributed by atoms with Crippen LogP contribution in [0, 0.1) is 3.57 Å². The SMILES string of the molecule is CC(=O)O.CC1CCC(=O)N1.CC1CCC(=O)N1C1CCNCC1.CC1CCC(=O)N1c1ccncc1.CN[C@H]1CCCC[C@@H]1NC.Ic1ccncc1. The van der Waals surface area contributed by atoms with Crippen molar-refractivity contribution in [2.75, 3.05) is 32.1 Å². The predicted molar refractivity (Wildman–Crippen MR) is 223 cm³/mol. The van der Waals surface area contributed by atoms with E-state index < -0.39 is 5.97 Å². The zero-order valence-corrected chi connectivity index (χ0v) is 35.4. The fourth-order valence-corrected chi connectivity index (χ4v) is 7.47. The third-order valence-corrected chi connectivity index (χ3v) is 10.7. The minimum atomic E-state index is -0.833. The average molecular weight is 865 g/mol. The molecule has 6 heterocycles. The lowest BCUT2D eigenvalue weighted by Gasteiger charge is -2.34. The van der Waals surface area contributed by atoms with Crippen molar-refractivity contribution in [1.29, 1.82) is 0 Å². The highest BCUT2D eigenvalue weighted by molar-refractivity contribution is 14.1. The molecule has 7 rings (SSSR count). The number of amides is 3. The maximum Gasteiger partial charge on any atom is 0.300 e. The first-order valence-corrected chi connectivity index (χ1v) is 20.6. The van der Waals surface area contributed by atoms with Crippen LogP contribution in [-0.4, -0.2) is 107 Å². The molecule has 0 aromatic carbocycles. The number of hydrogen-bond donors (Lipinski definition) is 5. The summed E-state index contributed by atoms with van der Waals surface area (Å²) in [5, 5.41) is 20.2. The maximum atomic E-state index is 11.6. The van der Waals surface area contributed by atoms with Gasteiger partial charge in [0.15, 0.2) is 0 Å². The largest absolute Gasteiger partial charge is 0.481 e. The van der Waals surface area contributed by atoms with Crippen molar-refractivity contribution in [3.63, 3.8) is 0 Å². The number of nitrogens with zero attached hydrogens (tertiary/aromatic N) is 4. The second-order valence-corrected chi connectivity index (χ2v) is 15.5. The summed E-state index contributed by atoms with van der Waals surface area (Å²) in [6.07, 6.45) is 19.9. The number of aromatic nitrogens is 2. The molecule has 5 fully saturated rings. The molecule has 1 aliphatic carbocycles. The molecular formula is C40H65IN8O5. The highest BCUT2D eigenvalue weighted by Crippen LogP contribution is 2.26. The Kier molecular flexibility index (Phi) is 23.1. The number of rotatable bonds is 4. The number of hydrogen-bond acceptors (Lipinski definition) is 9. The van der Waals surface area contributed by atoms with Crippen molar-refractivity contribution in [1.82, 2.24) is 36.1 Å². The summed E-state index contributed by atoms with van der Waals surface area (Å²) >= 11 is 2.24. The van der Waals surface area contributed by atoms with Gasteiger partial charge < -0.3 is 36.2 Å². The van der Waals surface area contributed by atoms with Crippen LogP contribution in [-0.2, 0) is 19.2 Å². The zero-order valence-electron chi connectivity index (χ0n) is 33.2. The Bertz CT molecular complexity index is 1350. The maximum absolute atomic E-state index is 11.6. The summed E-state index contributed by atoms with van der Waals surface area (Å²) in [6.45, 7) is 9.49. The van der Waals surface area contributed by atoms with E-state index in [0.29, 0.717) is 48.6 Å². The van der Waals surface area contributed by atoms with Gasteiger partial charge in [-0.1, -0.05) is 12.8 Å². The Balaban J connectivity index is 0.000000232. The van der Waals surface area contributed by atoms with E-state index in [1.54, 1.807) is 24.8 Å². The van der Waals surface area contributed by atoms with Crippen LogP contribution < -0.4 is 26.2 Å². The minimum absolute atomic E-state index is 0.201. The molecule has 4 aliphatic heterocycles. The first-order chi connectivity index (χ1) is 25.9. The van der Waals surface area contributed by atoms with Gasteiger partial charge in [-0.3, -0.25) is 29.1 Å². The van der Waals surface area contributed by atoms with Crippen molar-refractivity contribution >= 4 is 52.0 Å². The van der Waals surface area contributed by atoms with Crippen LogP contribution in [0.25, 0.3) is 0 Å². The number of anilines is 1. The highest BCUT2D eigenvalue weighted by Gasteiger charge is 2.33. The summed E-state index contributed by atoms with van der Waals surface area (Å²) in [5.41, 5.74) is 0.963. The summed E-state index contributed by atoms with van der Waals surface area (Å²) in [6, 6.07) is 10.8. The lowest BCUT2D eigenvalue weighted by atomic mass is 9.91. The molecule has 302 valence electrons. The van der Waals surface area contributed by atoms with E-state index in [4.69, 9.17) is 9.90 Å². The van der Waals surface area contributed by atoms with Crippen molar-refractivity contribution in [2.45, 2.75) is 141 Å². The first-order valence-electron chi connectivity index (χ1n) is 19.5. The number of halogens is 1. The smallest absolute Gasteiger partial charge is 0.300 e. The normalized spacial score (nSPS) is 24.8. The number of aliphatic carboxylic acids is 1. The van der Waals surface area contributed by atoms with Gasteiger partial charge in [-0.25, -0.2) is 0 Å². The molecule has 2 aromatic rings. The molecular weight excluding hydrogens is 799 g/mol. The van der Waals surface area contributed by atoms with E-state index in [1.807, 2.05) is 36.1 Å². The molecule has 0 radical (unpaired) electrons. The lowest BCUT2D eigenvalue weighted by Crippen LogP contribution is -2.47. The first kappa shape index (κ1) is 46.9. The number of nitrogens with one attached hydrogen (secondary N) is 4.